The first-order valence-corrected chi connectivity index (χ1v) is 13.7. The van der Waals surface area contributed by atoms with Crippen LogP contribution in [0.3, 0.4) is 0 Å². The predicted octanol–water partition coefficient (Wildman–Crippen LogP) is 4.98. The first-order chi connectivity index (χ1) is 17.4. The Labute approximate surface area is 212 Å². The van der Waals surface area contributed by atoms with E-state index in [1.807, 2.05) is 42.5 Å². The lowest BCUT2D eigenvalue weighted by atomic mass is 10.1. The second kappa shape index (κ2) is 10.4. The van der Waals surface area contributed by atoms with Crippen molar-refractivity contribution in [1.82, 2.24) is 9.29 Å². The van der Waals surface area contributed by atoms with Crippen LogP contribution >= 0.6 is 11.3 Å². The molecule has 0 bridgehead atoms. The number of aliphatic carboxylic acids is 1. The Hall–Kier alpha value is -3.31. The van der Waals surface area contributed by atoms with Crippen molar-refractivity contribution in [3.63, 3.8) is 0 Å². The van der Waals surface area contributed by atoms with Crippen LogP contribution in [0.15, 0.2) is 70.0 Å². The van der Waals surface area contributed by atoms with Crippen molar-refractivity contribution in [1.29, 1.82) is 0 Å². The fraction of sp³-hybridized carbons (Fsp3) is 0.231. The van der Waals surface area contributed by atoms with Gasteiger partial charge in [-0.2, -0.15) is 4.31 Å². The number of fused-ring (bicyclic) bond motifs is 1. The topological polar surface area (TPSA) is 110 Å². The number of morpholine rings is 1. The maximum atomic E-state index is 12.9. The molecule has 5 rings (SSSR count). The van der Waals surface area contributed by atoms with Gasteiger partial charge in [0.25, 0.3) is 0 Å². The highest BCUT2D eigenvalue weighted by molar-refractivity contribution is 7.89. The summed E-state index contributed by atoms with van der Waals surface area (Å²) < 4.78 is 39.5. The van der Waals surface area contributed by atoms with Crippen LogP contribution in [0.2, 0.25) is 0 Å². The number of allylic oxidation sites excluding steroid dienone is 1. The predicted molar refractivity (Wildman–Crippen MR) is 138 cm³/mol. The molecular weight excluding hydrogens is 500 g/mol. The molecule has 8 nitrogen and oxygen atoms in total. The lowest BCUT2D eigenvalue weighted by Crippen LogP contribution is -2.40. The summed E-state index contributed by atoms with van der Waals surface area (Å²) in [5.74, 6) is 0.266. The second-order valence-electron chi connectivity index (χ2n) is 8.29. The molecule has 0 aliphatic carbocycles. The molecule has 4 aromatic rings. The zero-order valence-corrected chi connectivity index (χ0v) is 20.9. The quantitative estimate of drug-likeness (QED) is 0.346. The summed E-state index contributed by atoms with van der Waals surface area (Å²) in [5.41, 5.74) is 2.39. The van der Waals surface area contributed by atoms with Gasteiger partial charge in [-0.05, 0) is 66.6 Å². The highest BCUT2D eigenvalue weighted by Crippen LogP contribution is 2.32. The van der Waals surface area contributed by atoms with E-state index in [1.165, 1.54) is 15.6 Å². The van der Waals surface area contributed by atoms with E-state index in [1.54, 1.807) is 24.3 Å². The summed E-state index contributed by atoms with van der Waals surface area (Å²) in [4.78, 5) is 16.1. The first kappa shape index (κ1) is 24.4. The highest BCUT2D eigenvalue weighted by Gasteiger charge is 2.26. The molecule has 0 atom stereocenters. The Kier molecular flexibility index (Phi) is 7.01. The third-order valence-corrected chi connectivity index (χ3v) is 8.89. The fourth-order valence-electron chi connectivity index (χ4n) is 3.98. The van der Waals surface area contributed by atoms with Crippen LogP contribution in [0.5, 0.6) is 0 Å². The molecule has 2 aromatic heterocycles. The zero-order valence-electron chi connectivity index (χ0n) is 19.3. The van der Waals surface area contributed by atoms with Gasteiger partial charge in [0.05, 0.1) is 28.3 Å². The minimum absolute atomic E-state index is 0.0194. The molecule has 36 heavy (non-hydrogen) atoms. The molecular formula is C26H24N2O6S2. The van der Waals surface area contributed by atoms with Crippen molar-refractivity contribution in [3.8, 4) is 11.3 Å². The molecule has 0 radical (unpaired) electrons. The molecule has 2 aromatic carbocycles. The van der Waals surface area contributed by atoms with Crippen LogP contribution in [-0.4, -0.2) is 55.1 Å². The van der Waals surface area contributed by atoms with Gasteiger partial charge in [-0.25, -0.2) is 13.4 Å². The van der Waals surface area contributed by atoms with Crippen molar-refractivity contribution >= 4 is 49.2 Å². The zero-order chi connectivity index (χ0) is 25.1. The molecule has 1 aliphatic heterocycles. The smallest absolute Gasteiger partial charge is 0.303 e. The molecule has 0 unspecified atom stereocenters. The van der Waals surface area contributed by atoms with E-state index in [0.717, 1.165) is 26.4 Å². The number of carboxylic acid groups (broad SMARTS) is 1. The third-order valence-electron chi connectivity index (χ3n) is 5.87. The van der Waals surface area contributed by atoms with Crippen molar-refractivity contribution in [2.75, 3.05) is 26.3 Å². The summed E-state index contributed by atoms with van der Waals surface area (Å²) in [5, 5.41) is 9.97. The maximum absolute atomic E-state index is 12.9. The molecule has 10 heteroatoms. The molecule has 1 fully saturated rings. The number of para-hydroxylation sites is 1. The Balaban J connectivity index is 1.40. The van der Waals surface area contributed by atoms with Crippen molar-refractivity contribution in [3.05, 3.63) is 71.4 Å². The average molecular weight is 525 g/mol. The Morgan fingerprint density at radius 2 is 1.78 bits per heavy atom. The minimum Gasteiger partial charge on any atom is -0.481 e. The maximum Gasteiger partial charge on any atom is 0.303 e. The van der Waals surface area contributed by atoms with Gasteiger partial charge in [0, 0.05) is 25.1 Å². The van der Waals surface area contributed by atoms with Gasteiger partial charge in [0.1, 0.15) is 16.5 Å². The number of carbonyl (C=O) groups is 1. The third kappa shape index (κ3) is 5.26. The summed E-state index contributed by atoms with van der Waals surface area (Å²) in [7, 11) is -3.57. The lowest BCUT2D eigenvalue weighted by molar-refractivity contribution is -0.136. The molecule has 3 heterocycles. The Morgan fingerprint density at radius 1 is 1.03 bits per heavy atom. The van der Waals surface area contributed by atoms with Gasteiger partial charge >= 0.3 is 5.97 Å². The van der Waals surface area contributed by atoms with Crippen molar-refractivity contribution < 1.29 is 27.5 Å². The van der Waals surface area contributed by atoms with Crippen LogP contribution in [-0.2, 0) is 19.6 Å². The molecule has 1 saturated heterocycles. The fourth-order valence-corrected chi connectivity index (χ4v) is 6.39. The second-order valence-corrected chi connectivity index (χ2v) is 11.3. The number of rotatable bonds is 8. The van der Waals surface area contributed by atoms with Crippen LogP contribution < -0.4 is 0 Å². The number of hydrogen-bond donors (Lipinski definition) is 1. The van der Waals surface area contributed by atoms with Gasteiger partial charge in [0.15, 0.2) is 0 Å². The molecule has 1 aliphatic rings. The van der Waals surface area contributed by atoms with Gasteiger partial charge in [-0.15, -0.1) is 11.3 Å². The summed E-state index contributed by atoms with van der Waals surface area (Å²) in [6.45, 7) is 1.48. The average Bonchev–Trinajstić information content (AvgIpc) is 3.54. The van der Waals surface area contributed by atoms with Crippen LogP contribution in [0.4, 0.5) is 0 Å². The van der Waals surface area contributed by atoms with E-state index >= 15 is 0 Å². The van der Waals surface area contributed by atoms with E-state index in [9.17, 15) is 18.3 Å². The van der Waals surface area contributed by atoms with E-state index in [-0.39, 0.29) is 11.3 Å². The number of benzene rings is 2. The van der Waals surface area contributed by atoms with Gasteiger partial charge in [-0.3, -0.25) is 4.79 Å². The Morgan fingerprint density at radius 3 is 2.50 bits per heavy atom. The number of thiazole rings is 1. The largest absolute Gasteiger partial charge is 0.481 e. The Bertz CT molecular complexity index is 1480. The number of carboxylic acids is 1. The number of aromatic nitrogens is 1. The summed E-state index contributed by atoms with van der Waals surface area (Å²) in [6.07, 6.45) is 2.12. The molecule has 1 N–H and O–H groups in total. The number of nitrogens with zero attached hydrogens (tertiary/aromatic N) is 2. The van der Waals surface area contributed by atoms with Crippen molar-refractivity contribution in [2.24, 2.45) is 0 Å². The van der Waals surface area contributed by atoms with E-state index in [2.05, 4.69) is 4.98 Å². The SMILES string of the molecule is O=C(O)CC/C(=C/c1ccc(-c2ccc(S(=O)(=O)N3CCOCC3)cc2)o1)c1nc2ccccc2s1. The molecule has 0 spiro atoms. The van der Waals surface area contributed by atoms with Gasteiger partial charge in [-0.1, -0.05) is 12.1 Å². The van der Waals surface area contributed by atoms with Gasteiger partial charge in [0.2, 0.25) is 10.0 Å². The highest BCUT2D eigenvalue weighted by atomic mass is 32.2. The van der Waals surface area contributed by atoms with Crippen LogP contribution in [0.25, 0.3) is 33.2 Å². The molecule has 186 valence electrons. The normalized spacial score (nSPS) is 15.4. The number of hydrogen-bond acceptors (Lipinski definition) is 7. The number of sulfonamides is 1. The van der Waals surface area contributed by atoms with E-state index < -0.39 is 16.0 Å². The minimum atomic E-state index is -3.57. The van der Waals surface area contributed by atoms with Crippen LogP contribution in [0.1, 0.15) is 23.6 Å². The standard InChI is InChI=1S/C26H24N2O6S2/c29-25(30)12-7-19(26-27-22-3-1-2-4-24(22)35-26)17-20-8-11-23(34-20)18-5-9-21(10-6-18)36(31,32)28-13-15-33-16-14-28/h1-6,8-11,17H,7,12-16H2,(H,29,30)/b19-17-. The van der Waals surface area contributed by atoms with Crippen LogP contribution in [0, 0.1) is 0 Å². The summed E-state index contributed by atoms with van der Waals surface area (Å²) >= 11 is 1.51. The number of ether oxygens (including phenoxy) is 1. The number of furan rings is 1. The van der Waals surface area contributed by atoms with Crippen molar-refractivity contribution in [2.45, 2.75) is 17.7 Å². The molecule has 0 saturated carbocycles. The molecule has 0 amide bonds. The summed E-state index contributed by atoms with van der Waals surface area (Å²) in [6, 6.07) is 18.0. The van der Waals surface area contributed by atoms with E-state index in [0.29, 0.717) is 44.2 Å². The van der Waals surface area contributed by atoms with E-state index in [4.69, 9.17) is 9.15 Å². The lowest BCUT2D eigenvalue weighted by Gasteiger charge is -2.26. The monoisotopic (exact) mass is 524 g/mol. The first-order valence-electron chi connectivity index (χ1n) is 11.5. The van der Waals surface area contributed by atoms with Gasteiger partial charge < -0.3 is 14.3 Å².